The Morgan fingerprint density at radius 1 is 1.20 bits per heavy atom. The fourth-order valence-corrected chi connectivity index (χ4v) is 2.78. The van der Waals surface area contributed by atoms with Crippen LogP contribution in [0.5, 0.6) is 0 Å². The molecular weight excluding hydrogens is 312 g/mol. The lowest BCUT2D eigenvalue weighted by atomic mass is 9.86. The number of amides is 1. The number of carbonyl (C=O) groups excluding carboxylic acids is 1. The van der Waals surface area contributed by atoms with E-state index in [1.165, 1.54) is 5.56 Å². The number of aromatic nitrogens is 1. The van der Waals surface area contributed by atoms with E-state index >= 15 is 0 Å². The molecule has 1 aromatic carbocycles. The Kier molecular flexibility index (Phi) is 6.04. The van der Waals surface area contributed by atoms with Gasteiger partial charge in [-0.1, -0.05) is 64.0 Å². The minimum Gasteiger partial charge on any atom is -0.355 e. The monoisotopic (exact) mass is 342 g/mol. The highest BCUT2D eigenvalue weighted by Crippen LogP contribution is 2.27. The fraction of sp³-hybridized carbons (Fsp3) is 0.524. The van der Waals surface area contributed by atoms with Crippen LogP contribution in [-0.4, -0.2) is 28.6 Å². The van der Waals surface area contributed by atoms with E-state index in [4.69, 9.17) is 4.52 Å². The van der Waals surface area contributed by atoms with Gasteiger partial charge >= 0.3 is 0 Å². The number of rotatable bonds is 6. The van der Waals surface area contributed by atoms with Gasteiger partial charge < -0.3 is 9.42 Å². The Bertz CT molecular complexity index is 695. The first-order valence-corrected chi connectivity index (χ1v) is 9.16. The van der Waals surface area contributed by atoms with Gasteiger partial charge in [-0.15, -0.1) is 0 Å². The summed E-state index contributed by atoms with van der Waals surface area (Å²) in [5, 5.41) is 4.02. The standard InChI is InChI=1S/C21H30N2O2/c1-7-13-23(15(3)8-2)20(24)18-14-19(25-22-18)16-9-11-17(12-10-16)21(4,5)6/h9-12,14-15H,7-8,13H2,1-6H3. The Hall–Kier alpha value is -2.10. The maximum atomic E-state index is 12.8. The van der Waals surface area contributed by atoms with Gasteiger partial charge in [0.15, 0.2) is 11.5 Å². The maximum absolute atomic E-state index is 12.8. The number of nitrogens with zero attached hydrogens (tertiary/aromatic N) is 2. The highest BCUT2D eigenvalue weighted by Gasteiger charge is 2.23. The molecule has 4 nitrogen and oxygen atoms in total. The van der Waals surface area contributed by atoms with E-state index in [9.17, 15) is 4.79 Å². The molecule has 2 rings (SSSR count). The minimum atomic E-state index is -0.0579. The lowest BCUT2D eigenvalue weighted by molar-refractivity contribution is 0.0677. The average molecular weight is 342 g/mol. The first-order chi connectivity index (χ1) is 11.8. The Balaban J connectivity index is 2.22. The van der Waals surface area contributed by atoms with Crippen molar-refractivity contribution in [3.8, 4) is 11.3 Å². The smallest absolute Gasteiger partial charge is 0.276 e. The molecule has 0 bridgehead atoms. The number of carbonyl (C=O) groups is 1. The van der Waals surface area contributed by atoms with Gasteiger partial charge in [-0.3, -0.25) is 4.79 Å². The third kappa shape index (κ3) is 4.50. The van der Waals surface area contributed by atoms with E-state index in [0.29, 0.717) is 11.5 Å². The summed E-state index contributed by atoms with van der Waals surface area (Å²) in [5.74, 6) is 0.571. The van der Waals surface area contributed by atoms with Crippen molar-refractivity contribution in [3.63, 3.8) is 0 Å². The molecule has 0 spiro atoms. The Morgan fingerprint density at radius 3 is 2.36 bits per heavy atom. The van der Waals surface area contributed by atoms with E-state index in [-0.39, 0.29) is 17.4 Å². The molecule has 0 saturated heterocycles. The molecule has 0 aliphatic carbocycles. The number of hydrogen-bond donors (Lipinski definition) is 0. The lowest BCUT2D eigenvalue weighted by Gasteiger charge is -2.27. The van der Waals surface area contributed by atoms with Gasteiger partial charge in [0, 0.05) is 24.2 Å². The minimum absolute atomic E-state index is 0.0579. The van der Waals surface area contributed by atoms with Gasteiger partial charge in [-0.2, -0.15) is 0 Å². The zero-order valence-electron chi connectivity index (χ0n) is 16.3. The van der Waals surface area contributed by atoms with Crippen LogP contribution >= 0.6 is 0 Å². The Morgan fingerprint density at radius 2 is 1.84 bits per heavy atom. The van der Waals surface area contributed by atoms with Crippen molar-refractivity contribution in [2.24, 2.45) is 0 Å². The predicted molar refractivity (Wildman–Crippen MR) is 102 cm³/mol. The second-order valence-corrected chi connectivity index (χ2v) is 7.66. The molecule has 2 aromatic rings. The molecule has 1 heterocycles. The van der Waals surface area contributed by atoms with Crippen molar-refractivity contribution in [2.45, 2.75) is 65.8 Å². The summed E-state index contributed by atoms with van der Waals surface area (Å²) >= 11 is 0. The van der Waals surface area contributed by atoms with Gasteiger partial charge in [-0.25, -0.2) is 0 Å². The van der Waals surface area contributed by atoms with Crippen molar-refractivity contribution in [1.29, 1.82) is 0 Å². The van der Waals surface area contributed by atoms with Crippen LogP contribution in [0.15, 0.2) is 34.9 Å². The van der Waals surface area contributed by atoms with Gasteiger partial charge in [0.25, 0.3) is 5.91 Å². The van der Waals surface area contributed by atoms with E-state index in [1.807, 2.05) is 17.0 Å². The normalized spacial score (nSPS) is 12.9. The van der Waals surface area contributed by atoms with Crippen molar-refractivity contribution in [1.82, 2.24) is 10.1 Å². The molecule has 0 aliphatic rings. The molecule has 1 unspecified atom stereocenters. The third-order valence-corrected chi connectivity index (χ3v) is 4.61. The molecule has 0 fully saturated rings. The van der Waals surface area contributed by atoms with Crippen LogP contribution in [-0.2, 0) is 5.41 Å². The summed E-state index contributed by atoms with van der Waals surface area (Å²) in [5.41, 5.74) is 2.68. The highest BCUT2D eigenvalue weighted by atomic mass is 16.5. The van der Waals surface area contributed by atoms with Crippen molar-refractivity contribution >= 4 is 5.91 Å². The number of benzene rings is 1. The summed E-state index contributed by atoms with van der Waals surface area (Å²) < 4.78 is 5.44. The SMILES string of the molecule is CCCN(C(=O)c1cc(-c2ccc(C(C)(C)C)cc2)on1)C(C)CC. The zero-order chi connectivity index (χ0) is 18.6. The average Bonchev–Trinajstić information content (AvgIpc) is 3.08. The predicted octanol–water partition coefficient (Wildman–Crippen LogP) is 5.29. The van der Waals surface area contributed by atoms with Crippen LogP contribution in [0, 0.1) is 0 Å². The molecule has 1 amide bonds. The fourth-order valence-electron chi connectivity index (χ4n) is 2.78. The molecule has 0 radical (unpaired) electrons. The number of hydrogen-bond acceptors (Lipinski definition) is 3. The molecular formula is C21H30N2O2. The first kappa shape index (κ1) is 19.2. The summed E-state index contributed by atoms with van der Waals surface area (Å²) in [6.07, 6.45) is 1.85. The first-order valence-electron chi connectivity index (χ1n) is 9.16. The molecule has 0 saturated carbocycles. The molecule has 4 heteroatoms. The van der Waals surface area contributed by atoms with Crippen molar-refractivity contribution in [2.75, 3.05) is 6.54 Å². The summed E-state index contributed by atoms with van der Waals surface area (Å²) in [6, 6.07) is 10.2. The van der Waals surface area contributed by atoms with Crippen LogP contribution in [0.1, 0.15) is 70.4 Å². The van der Waals surface area contributed by atoms with Crippen LogP contribution in [0.25, 0.3) is 11.3 Å². The molecule has 0 N–H and O–H groups in total. The van der Waals surface area contributed by atoms with E-state index < -0.39 is 0 Å². The lowest BCUT2D eigenvalue weighted by Crippen LogP contribution is -2.39. The van der Waals surface area contributed by atoms with Crippen LogP contribution in [0.4, 0.5) is 0 Å². The van der Waals surface area contributed by atoms with Crippen molar-refractivity contribution < 1.29 is 9.32 Å². The van der Waals surface area contributed by atoms with E-state index in [1.54, 1.807) is 6.07 Å². The maximum Gasteiger partial charge on any atom is 0.276 e. The van der Waals surface area contributed by atoms with Crippen LogP contribution in [0.2, 0.25) is 0 Å². The summed E-state index contributed by atoms with van der Waals surface area (Å²) in [4.78, 5) is 14.6. The molecule has 1 aromatic heterocycles. The summed E-state index contributed by atoms with van der Waals surface area (Å²) in [6.45, 7) is 13.5. The van der Waals surface area contributed by atoms with Crippen LogP contribution < -0.4 is 0 Å². The van der Waals surface area contributed by atoms with Gasteiger partial charge in [-0.05, 0) is 30.7 Å². The molecule has 0 aliphatic heterocycles. The molecule has 1 atom stereocenters. The van der Waals surface area contributed by atoms with Gasteiger partial charge in [0.05, 0.1) is 0 Å². The summed E-state index contributed by atoms with van der Waals surface area (Å²) in [7, 11) is 0. The van der Waals surface area contributed by atoms with E-state index in [2.05, 4.69) is 58.8 Å². The van der Waals surface area contributed by atoms with Crippen molar-refractivity contribution in [3.05, 3.63) is 41.6 Å². The second-order valence-electron chi connectivity index (χ2n) is 7.66. The quantitative estimate of drug-likeness (QED) is 0.716. The topological polar surface area (TPSA) is 46.3 Å². The zero-order valence-corrected chi connectivity index (χ0v) is 16.3. The third-order valence-electron chi connectivity index (χ3n) is 4.61. The van der Waals surface area contributed by atoms with Crippen LogP contribution in [0.3, 0.4) is 0 Å². The molecule has 136 valence electrons. The van der Waals surface area contributed by atoms with Gasteiger partial charge in [0.1, 0.15) is 0 Å². The second kappa shape index (κ2) is 7.85. The largest absolute Gasteiger partial charge is 0.355 e. The van der Waals surface area contributed by atoms with E-state index in [0.717, 1.165) is 24.9 Å². The van der Waals surface area contributed by atoms with Gasteiger partial charge in [0.2, 0.25) is 0 Å². The highest BCUT2D eigenvalue weighted by molar-refractivity contribution is 5.93. The molecule has 25 heavy (non-hydrogen) atoms. The Labute approximate surface area is 151 Å².